The molecule has 0 saturated heterocycles. The molecule has 0 spiro atoms. The maximum Gasteiger partial charge on any atom is 0.251 e. The van der Waals surface area contributed by atoms with Crippen molar-refractivity contribution in [2.24, 2.45) is 11.7 Å². The van der Waals surface area contributed by atoms with Crippen LogP contribution in [0.25, 0.3) is 0 Å². The minimum Gasteiger partial charge on any atom is -0.372 e. The fraction of sp³-hybridized carbons (Fsp3) is 0.611. The number of amides is 1. The molecule has 122 valence electrons. The topological polar surface area (TPSA) is 58.4 Å². The van der Waals surface area contributed by atoms with Gasteiger partial charge in [0.2, 0.25) is 0 Å². The minimum absolute atomic E-state index is 0.0285. The zero-order valence-corrected chi connectivity index (χ0v) is 13.8. The van der Waals surface area contributed by atoms with Crippen molar-refractivity contribution < 1.29 is 4.79 Å². The summed E-state index contributed by atoms with van der Waals surface area (Å²) in [7, 11) is 0. The summed E-state index contributed by atoms with van der Waals surface area (Å²) in [5.41, 5.74) is 7.90. The van der Waals surface area contributed by atoms with Gasteiger partial charge in [-0.25, -0.2) is 0 Å². The van der Waals surface area contributed by atoms with Crippen molar-refractivity contribution in [3.05, 3.63) is 29.8 Å². The predicted molar refractivity (Wildman–Crippen MR) is 92.3 cm³/mol. The van der Waals surface area contributed by atoms with E-state index in [1.807, 2.05) is 24.3 Å². The Morgan fingerprint density at radius 3 is 2.55 bits per heavy atom. The molecule has 0 heterocycles. The molecular formula is C18H29N3O. The van der Waals surface area contributed by atoms with Crippen molar-refractivity contribution in [1.82, 2.24) is 5.32 Å². The number of nitrogens with one attached hydrogen (secondary N) is 1. The highest BCUT2D eigenvalue weighted by Crippen LogP contribution is 2.31. The van der Waals surface area contributed by atoms with Crippen LogP contribution >= 0.6 is 0 Å². The summed E-state index contributed by atoms with van der Waals surface area (Å²) in [6.45, 7) is 6.99. The Kier molecular flexibility index (Phi) is 6.25. The second kappa shape index (κ2) is 8.18. The normalized spacial score (nSPS) is 15.4. The number of hydrogen-bond donors (Lipinski definition) is 2. The van der Waals surface area contributed by atoms with E-state index < -0.39 is 0 Å². The zero-order valence-electron chi connectivity index (χ0n) is 13.8. The molecule has 1 aromatic carbocycles. The van der Waals surface area contributed by atoms with Gasteiger partial charge in [-0.3, -0.25) is 4.79 Å². The Hall–Kier alpha value is -1.55. The third-order valence-electron chi connectivity index (χ3n) is 4.38. The number of unbranched alkanes of at least 4 members (excludes halogenated alkanes) is 1. The van der Waals surface area contributed by atoms with Crippen LogP contribution in [-0.4, -0.2) is 31.6 Å². The molecule has 1 aliphatic carbocycles. The van der Waals surface area contributed by atoms with E-state index in [9.17, 15) is 4.79 Å². The fourth-order valence-corrected chi connectivity index (χ4v) is 2.65. The highest BCUT2D eigenvalue weighted by Gasteiger charge is 2.28. The number of hydrogen-bond acceptors (Lipinski definition) is 3. The fourth-order valence-electron chi connectivity index (χ4n) is 2.65. The lowest BCUT2D eigenvalue weighted by Gasteiger charge is -2.23. The molecule has 4 nitrogen and oxygen atoms in total. The van der Waals surface area contributed by atoms with E-state index in [2.05, 4.69) is 24.1 Å². The summed E-state index contributed by atoms with van der Waals surface area (Å²) in [5, 5.41) is 2.94. The molecule has 0 aromatic heterocycles. The molecule has 1 amide bonds. The van der Waals surface area contributed by atoms with Crippen LogP contribution in [0, 0.1) is 5.92 Å². The summed E-state index contributed by atoms with van der Waals surface area (Å²) in [6, 6.07) is 7.99. The average Bonchev–Trinajstić information content (AvgIpc) is 3.38. The van der Waals surface area contributed by atoms with Gasteiger partial charge in [0.15, 0.2) is 0 Å². The molecule has 3 N–H and O–H groups in total. The molecule has 1 saturated carbocycles. The SMILES string of the molecule is CCCCN(CC)c1ccc(C(=O)NCC(N)C2CC2)cc1. The molecule has 0 aliphatic heterocycles. The lowest BCUT2D eigenvalue weighted by atomic mass is 10.1. The second-order valence-corrected chi connectivity index (χ2v) is 6.19. The number of carbonyl (C=O) groups excluding carboxylic acids is 1. The Morgan fingerprint density at radius 2 is 2.00 bits per heavy atom. The summed E-state index contributed by atoms with van der Waals surface area (Å²) >= 11 is 0. The molecule has 2 rings (SSSR count). The first-order valence-electron chi connectivity index (χ1n) is 8.54. The molecule has 0 radical (unpaired) electrons. The van der Waals surface area contributed by atoms with Gasteiger partial charge < -0.3 is 16.0 Å². The number of nitrogens with zero attached hydrogens (tertiary/aromatic N) is 1. The highest BCUT2D eigenvalue weighted by atomic mass is 16.1. The molecule has 0 bridgehead atoms. The van der Waals surface area contributed by atoms with Crippen LogP contribution in [0.2, 0.25) is 0 Å². The summed E-state index contributed by atoms with van der Waals surface area (Å²) in [5.74, 6) is 0.582. The largest absolute Gasteiger partial charge is 0.372 e. The summed E-state index contributed by atoms with van der Waals surface area (Å²) in [4.78, 5) is 14.5. The maximum atomic E-state index is 12.1. The summed E-state index contributed by atoms with van der Waals surface area (Å²) in [6.07, 6.45) is 4.79. The Balaban J connectivity index is 1.87. The van der Waals surface area contributed by atoms with Crippen molar-refractivity contribution in [3.63, 3.8) is 0 Å². The molecule has 22 heavy (non-hydrogen) atoms. The monoisotopic (exact) mass is 303 g/mol. The highest BCUT2D eigenvalue weighted by molar-refractivity contribution is 5.94. The number of carbonyl (C=O) groups is 1. The number of rotatable bonds is 9. The summed E-state index contributed by atoms with van der Waals surface area (Å²) < 4.78 is 0. The van der Waals surface area contributed by atoms with Gasteiger partial charge in [-0.1, -0.05) is 13.3 Å². The van der Waals surface area contributed by atoms with Gasteiger partial charge in [0, 0.05) is 36.9 Å². The van der Waals surface area contributed by atoms with Crippen LogP contribution < -0.4 is 16.0 Å². The quantitative estimate of drug-likeness (QED) is 0.737. The average molecular weight is 303 g/mol. The van der Waals surface area contributed by atoms with Gasteiger partial charge in [-0.2, -0.15) is 0 Å². The minimum atomic E-state index is -0.0285. The van der Waals surface area contributed by atoms with E-state index in [1.54, 1.807) is 0 Å². The van der Waals surface area contributed by atoms with E-state index in [0.717, 1.165) is 13.1 Å². The first kappa shape index (κ1) is 16.8. The molecule has 1 unspecified atom stereocenters. The van der Waals surface area contributed by atoms with Crippen LogP contribution in [0.4, 0.5) is 5.69 Å². The third kappa shape index (κ3) is 4.73. The van der Waals surface area contributed by atoms with Gasteiger partial charge in [0.25, 0.3) is 5.91 Å². The van der Waals surface area contributed by atoms with Gasteiger partial charge in [0.05, 0.1) is 0 Å². The van der Waals surface area contributed by atoms with Crippen molar-refractivity contribution in [2.75, 3.05) is 24.5 Å². The van der Waals surface area contributed by atoms with E-state index in [1.165, 1.54) is 31.4 Å². The van der Waals surface area contributed by atoms with Crippen molar-refractivity contribution >= 4 is 11.6 Å². The Morgan fingerprint density at radius 1 is 1.32 bits per heavy atom. The van der Waals surface area contributed by atoms with Crippen LogP contribution in [0.15, 0.2) is 24.3 Å². The molecule has 1 atom stereocenters. The lowest BCUT2D eigenvalue weighted by Crippen LogP contribution is -2.38. The first-order chi connectivity index (χ1) is 10.7. The second-order valence-electron chi connectivity index (χ2n) is 6.19. The number of nitrogens with two attached hydrogens (primary N) is 1. The molecular weight excluding hydrogens is 274 g/mol. The molecule has 1 fully saturated rings. The van der Waals surface area contributed by atoms with Crippen molar-refractivity contribution in [2.45, 2.75) is 45.6 Å². The van der Waals surface area contributed by atoms with E-state index in [4.69, 9.17) is 5.73 Å². The van der Waals surface area contributed by atoms with E-state index in [-0.39, 0.29) is 11.9 Å². The van der Waals surface area contributed by atoms with Gasteiger partial charge >= 0.3 is 0 Å². The maximum absolute atomic E-state index is 12.1. The smallest absolute Gasteiger partial charge is 0.251 e. The predicted octanol–water partition coefficient (Wildman–Crippen LogP) is 2.78. The zero-order chi connectivity index (χ0) is 15.9. The van der Waals surface area contributed by atoms with Gasteiger partial charge in [-0.05, 0) is 56.4 Å². The number of benzene rings is 1. The van der Waals surface area contributed by atoms with E-state index >= 15 is 0 Å². The standard InChI is InChI=1S/C18H29N3O/c1-3-5-12-21(4-2)16-10-8-15(9-11-16)18(22)20-13-17(19)14-6-7-14/h8-11,14,17H,3-7,12-13,19H2,1-2H3,(H,20,22). The van der Waals surface area contributed by atoms with Gasteiger partial charge in [0.1, 0.15) is 0 Å². The Bertz CT molecular complexity index is 468. The first-order valence-corrected chi connectivity index (χ1v) is 8.54. The van der Waals surface area contributed by atoms with Crippen LogP contribution in [-0.2, 0) is 0 Å². The van der Waals surface area contributed by atoms with Crippen LogP contribution in [0.3, 0.4) is 0 Å². The number of anilines is 1. The van der Waals surface area contributed by atoms with Crippen LogP contribution in [0.5, 0.6) is 0 Å². The molecule has 1 aromatic rings. The van der Waals surface area contributed by atoms with Crippen LogP contribution in [0.1, 0.15) is 49.9 Å². The third-order valence-corrected chi connectivity index (χ3v) is 4.38. The van der Waals surface area contributed by atoms with Crippen molar-refractivity contribution in [3.8, 4) is 0 Å². The van der Waals surface area contributed by atoms with E-state index in [0.29, 0.717) is 18.0 Å². The Labute approximate surface area is 134 Å². The lowest BCUT2D eigenvalue weighted by molar-refractivity contribution is 0.0950. The van der Waals surface area contributed by atoms with Gasteiger partial charge in [-0.15, -0.1) is 0 Å². The molecule has 4 heteroatoms. The molecule has 1 aliphatic rings. The van der Waals surface area contributed by atoms with Crippen molar-refractivity contribution in [1.29, 1.82) is 0 Å².